The summed E-state index contributed by atoms with van der Waals surface area (Å²) in [5, 5.41) is 9.82. The molecule has 50 heavy (non-hydrogen) atoms. The van der Waals surface area contributed by atoms with Crippen molar-refractivity contribution in [2.24, 2.45) is 0 Å². The van der Waals surface area contributed by atoms with E-state index < -0.39 is 12.6 Å². The molecule has 2 aliphatic heterocycles. The predicted octanol–water partition coefficient (Wildman–Crippen LogP) is 5.70. The molecule has 4 aromatic rings. The number of aromatic nitrogens is 3. The van der Waals surface area contributed by atoms with Crippen LogP contribution in [0.1, 0.15) is 71.7 Å². The molecule has 262 valence electrons. The predicted molar refractivity (Wildman–Crippen MR) is 189 cm³/mol. The third-order valence-corrected chi connectivity index (χ3v) is 9.19. The molecule has 0 bridgehead atoms. The van der Waals surface area contributed by atoms with E-state index >= 15 is 0 Å². The summed E-state index contributed by atoms with van der Waals surface area (Å²) in [5.41, 5.74) is 4.28. The normalized spacial score (nSPS) is 19.9. The maximum atomic E-state index is 12.9. The molecule has 1 aromatic heterocycles. The summed E-state index contributed by atoms with van der Waals surface area (Å²) in [5.74, 6) is 1.53. The fourth-order valence-electron chi connectivity index (χ4n) is 6.31. The molecule has 0 unspecified atom stereocenters. The van der Waals surface area contributed by atoms with Crippen LogP contribution < -0.4 is 25.8 Å². The van der Waals surface area contributed by atoms with Gasteiger partial charge in [-0.25, -0.2) is 0 Å². The first-order chi connectivity index (χ1) is 24.6. The van der Waals surface area contributed by atoms with Crippen LogP contribution in [0.15, 0.2) is 78.9 Å². The molecule has 13 nitrogen and oxygen atoms in total. The molecule has 13 heteroatoms. The van der Waals surface area contributed by atoms with Crippen molar-refractivity contribution in [1.29, 1.82) is 0 Å². The minimum Gasteiger partial charge on any atom is -0.368 e. The van der Waals surface area contributed by atoms with E-state index in [1.807, 2.05) is 37.3 Å². The van der Waals surface area contributed by atoms with Gasteiger partial charge in [-0.3, -0.25) is 4.79 Å². The zero-order chi connectivity index (χ0) is 34.1. The van der Waals surface area contributed by atoms with Gasteiger partial charge in [-0.2, -0.15) is 34.5 Å². The summed E-state index contributed by atoms with van der Waals surface area (Å²) >= 11 is 0. The van der Waals surface area contributed by atoms with E-state index in [-0.39, 0.29) is 5.91 Å². The molecule has 0 atom stereocenters. The smallest absolute Gasteiger partial charge is 0.251 e. The van der Waals surface area contributed by atoms with Crippen molar-refractivity contribution in [2.45, 2.75) is 57.6 Å². The highest BCUT2D eigenvalue weighted by Crippen LogP contribution is 2.32. The molecule has 3 N–H and O–H groups in total. The van der Waals surface area contributed by atoms with E-state index in [9.17, 15) is 4.79 Å². The third kappa shape index (κ3) is 8.66. The second-order valence-electron chi connectivity index (χ2n) is 12.8. The summed E-state index contributed by atoms with van der Waals surface area (Å²) in [6.45, 7) is 6.20. The van der Waals surface area contributed by atoms with E-state index in [1.54, 1.807) is 24.3 Å². The van der Waals surface area contributed by atoms with Gasteiger partial charge in [-0.15, -0.1) is 0 Å². The van der Waals surface area contributed by atoms with Crippen LogP contribution in [0.2, 0.25) is 0 Å². The van der Waals surface area contributed by atoms with Crippen LogP contribution in [0.4, 0.5) is 23.5 Å². The molecule has 1 saturated carbocycles. The third-order valence-electron chi connectivity index (χ3n) is 9.19. The molecule has 0 spiro atoms. The molecule has 1 amide bonds. The molecular formula is C37H44N8O5. The van der Waals surface area contributed by atoms with Crippen LogP contribution in [0.5, 0.6) is 0 Å². The average Bonchev–Trinajstić information content (AvgIpc) is 3.18. The number of para-hydroxylation sites is 1. The minimum atomic E-state index is -0.881. The highest BCUT2D eigenvalue weighted by Gasteiger charge is 2.28. The van der Waals surface area contributed by atoms with Crippen molar-refractivity contribution in [1.82, 2.24) is 20.3 Å². The van der Waals surface area contributed by atoms with Crippen LogP contribution in [-0.2, 0) is 19.6 Å². The quantitative estimate of drug-likeness (QED) is 0.133. The van der Waals surface area contributed by atoms with Gasteiger partial charge in [0, 0.05) is 67.7 Å². The Kier molecular flexibility index (Phi) is 10.9. The van der Waals surface area contributed by atoms with Gasteiger partial charge in [0.25, 0.3) is 5.91 Å². The van der Waals surface area contributed by atoms with E-state index in [4.69, 9.17) is 34.5 Å². The largest absolute Gasteiger partial charge is 0.368 e. The van der Waals surface area contributed by atoms with Gasteiger partial charge >= 0.3 is 0 Å². The van der Waals surface area contributed by atoms with Crippen molar-refractivity contribution < 1.29 is 24.3 Å². The summed E-state index contributed by atoms with van der Waals surface area (Å²) in [4.78, 5) is 53.5. The topological polar surface area (TPSA) is 135 Å². The van der Waals surface area contributed by atoms with Crippen molar-refractivity contribution in [2.75, 3.05) is 59.7 Å². The molecule has 3 fully saturated rings. The maximum Gasteiger partial charge on any atom is 0.251 e. The number of carbonyl (C=O) groups excluding carboxylic acids is 1. The zero-order valence-electron chi connectivity index (χ0n) is 28.3. The van der Waals surface area contributed by atoms with Gasteiger partial charge in [0.1, 0.15) is 0 Å². The Bertz CT molecular complexity index is 1670. The average molecular weight is 681 g/mol. The van der Waals surface area contributed by atoms with Crippen LogP contribution in [0, 0.1) is 6.92 Å². The van der Waals surface area contributed by atoms with E-state index in [0.29, 0.717) is 48.1 Å². The van der Waals surface area contributed by atoms with Crippen molar-refractivity contribution in [3.63, 3.8) is 0 Å². The number of aryl methyl sites for hydroxylation is 1. The molecule has 2 saturated heterocycles. The highest BCUT2D eigenvalue weighted by molar-refractivity contribution is 5.94. The van der Waals surface area contributed by atoms with Gasteiger partial charge in [0.15, 0.2) is 0 Å². The number of hydrogen-bond acceptors (Lipinski definition) is 12. The lowest BCUT2D eigenvalue weighted by Crippen LogP contribution is -2.47. The summed E-state index contributed by atoms with van der Waals surface area (Å²) in [6.07, 6.45) is 4.26. The molecule has 3 heterocycles. The molecule has 3 aromatic carbocycles. The second-order valence-corrected chi connectivity index (χ2v) is 12.8. The number of piperazine rings is 1. The number of hydrogen-bond donors (Lipinski definition) is 3. The number of anilines is 4. The second kappa shape index (κ2) is 16.3. The monoisotopic (exact) mass is 680 g/mol. The molecule has 1 aliphatic carbocycles. The first-order valence-corrected chi connectivity index (χ1v) is 17.5. The summed E-state index contributed by atoms with van der Waals surface area (Å²) in [7, 11) is 0. The highest BCUT2D eigenvalue weighted by atomic mass is 17.4. The Morgan fingerprint density at radius 3 is 1.96 bits per heavy atom. The van der Waals surface area contributed by atoms with Gasteiger partial charge in [0.2, 0.25) is 30.4 Å². The summed E-state index contributed by atoms with van der Waals surface area (Å²) in [6, 6.07) is 25.4. The van der Waals surface area contributed by atoms with Crippen molar-refractivity contribution in [3.05, 3.63) is 101 Å². The van der Waals surface area contributed by atoms with E-state index in [1.165, 1.54) is 24.9 Å². The number of carbonyl (C=O) groups is 1. The molecule has 0 radical (unpaired) electrons. The number of benzene rings is 3. The molecular weight excluding hydrogens is 636 g/mol. The number of rotatable bonds is 11. The van der Waals surface area contributed by atoms with Crippen LogP contribution >= 0.6 is 0 Å². The SMILES string of the molecule is Cc1ccc(C2OOC(c3ccc(C(=O)NCCNc4nc(NC5CCCCC5)nc(N5CCN(c6ccccc6)CC5)n4)cc3)OO2)cc1. The van der Waals surface area contributed by atoms with Gasteiger partial charge in [-0.1, -0.05) is 79.4 Å². The van der Waals surface area contributed by atoms with Crippen molar-refractivity contribution in [3.8, 4) is 0 Å². The Morgan fingerprint density at radius 1 is 0.700 bits per heavy atom. The number of amides is 1. The lowest BCUT2D eigenvalue weighted by Gasteiger charge is -2.36. The Balaban J connectivity index is 0.909. The molecule has 3 aliphatic rings. The fourth-order valence-corrected chi connectivity index (χ4v) is 6.31. The van der Waals surface area contributed by atoms with Crippen LogP contribution in [-0.4, -0.2) is 66.2 Å². The van der Waals surface area contributed by atoms with Crippen molar-refractivity contribution >= 4 is 29.4 Å². The van der Waals surface area contributed by atoms with Gasteiger partial charge in [0.05, 0.1) is 0 Å². The van der Waals surface area contributed by atoms with Crippen LogP contribution in [0.25, 0.3) is 0 Å². The van der Waals surface area contributed by atoms with Gasteiger partial charge < -0.3 is 25.8 Å². The molecule has 7 rings (SSSR count). The standard InChI is InChI=1S/C37H44N8O5/c1-26-12-14-28(15-13-26)33-47-49-34(50-48-33)29-18-16-27(17-19-29)32(46)38-20-21-39-35-41-36(40-30-8-4-2-5-9-30)43-37(42-35)45-24-22-44(23-25-45)31-10-6-3-7-11-31/h3,6-7,10-19,30,33-34H,2,4-5,8-9,20-25H2,1H3,(H,38,46)(H2,39,40,41,42,43). The van der Waals surface area contributed by atoms with Crippen LogP contribution in [0.3, 0.4) is 0 Å². The fraction of sp³-hybridized carbons (Fsp3) is 0.405. The lowest BCUT2D eigenvalue weighted by molar-refractivity contribution is -0.600. The van der Waals surface area contributed by atoms with E-state index in [0.717, 1.165) is 50.1 Å². The number of nitrogens with one attached hydrogen (secondary N) is 3. The first-order valence-electron chi connectivity index (χ1n) is 17.5. The first kappa shape index (κ1) is 33.7. The Labute approximate surface area is 292 Å². The van der Waals surface area contributed by atoms with E-state index in [2.05, 4.69) is 50.0 Å². The number of nitrogens with zero attached hydrogens (tertiary/aromatic N) is 5. The Hall–Kier alpha value is -4.82. The lowest BCUT2D eigenvalue weighted by atomic mass is 9.96. The zero-order valence-corrected chi connectivity index (χ0v) is 28.3. The summed E-state index contributed by atoms with van der Waals surface area (Å²) < 4.78 is 0. The minimum absolute atomic E-state index is 0.206. The Morgan fingerprint density at radius 2 is 1.30 bits per heavy atom. The van der Waals surface area contributed by atoms with Gasteiger partial charge in [-0.05, 0) is 44.0 Å². The maximum absolute atomic E-state index is 12.9.